The first kappa shape index (κ1) is 19.1. The maximum atomic E-state index is 12.3. The second-order valence-electron chi connectivity index (χ2n) is 5.90. The van der Waals surface area contributed by atoms with E-state index in [0.717, 1.165) is 0 Å². The minimum absolute atomic E-state index is 0.0314. The van der Waals surface area contributed by atoms with E-state index in [4.69, 9.17) is 20.1 Å². The van der Waals surface area contributed by atoms with E-state index in [9.17, 15) is 14.4 Å². The molecule has 2 rings (SSSR count). The number of nitrogens with one attached hydrogen (secondary N) is 1. The fraction of sp³-hybridized carbons (Fsp3) is 0.389. The number of anilines is 1. The van der Waals surface area contributed by atoms with Crippen LogP contribution in [0.3, 0.4) is 0 Å². The van der Waals surface area contributed by atoms with Gasteiger partial charge in [0.15, 0.2) is 12.4 Å². The van der Waals surface area contributed by atoms with Crippen LogP contribution >= 0.6 is 0 Å². The van der Waals surface area contributed by atoms with E-state index < -0.39 is 30.2 Å². The van der Waals surface area contributed by atoms with Gasteiger partial charge >= 0.3 is 5.97 Å². The molecule has 1 aliphatic rings. The Morgan fingerprint density at radius 1 is 1.42 bits per heavy atom. The summed E-state index contributed by atoms with van der Waals surface area (Å²) >= 11 is 0. The predicted octanol–water partition coefficient (Wildman–Crippen LogP) is 1.34. The van der Waals surface area contributed by atoms with E-state index in [-0.39, 0.29) is 24.6 Å². The van der Waals surface area contributed by atoms with E-state index in [1.165, 1.54) is 18.9 Å². The molecule has 0 radical (unpaired) electrons. The topological polar surface area (TPSA) is 121 Å². The quantitative estimate of drug-likeness (QED) is 0.581. The molecule has 1 aromatic rings. The van der Waals surface area contributed by atoms with E-state index in [0.29, 0.717) is 11.4 Å². The van der Waals surface area contributed by atoms with Gasteiger partial charge in [-0.1, -0.05) is 12.1 Å². The van der Waals surface area contributed by atoms with Crippen molar-refractivity contribution in [3.63, 3.8) is 0 Å². The Kier molecular flexibility index (Phi) is 6.07. The fourth-order valence-corrected chi connectivity index (χ4v) is 2.70. The average molecular weight is 357 g/mol. The number of hydrogen-bond donors (Lipinski definition) is 1. The lowest BCUT2D eigenvalue weighted by atomic mass is 10.0. The number of ketones is 1. The maximum absolute atomic E-state index is 12.3. The summed E-state index contributed by atoms with van der Waals surface area (Å²) in [6, 6.07) is 8.67. The number of para-hydroxylation sites is 2. The van der Waals surface area contributed by atoms with Crippen molar-refractivity contribution in [2.24, 2.45) is 11.8 Å². The molecule has 1 unspecified atom stereocenters. The first-order chi connectivity index (χ1) is 12.4. The third kappa shape index (κ3) is 4.06. The summed E-state index contributed by atoms with van der Waals surface area (Å²) in [5.74, 6) is -2.99. The molecule has 0 saturated carbocycles. The number of nitriles is 1. The van der Waals surface area contributed by atoms with Gasteiger partial charge in [0.25, 0.3) is 0 Å². The Balaban J connectivity index is 2.00. The van der Waals surface area contributed by atoms with Crippen LogP contribution in [0.25, 0.3) is 0 Å². The fourth-order valence-electron chi connectivity index (χ4n) is 2.70. The van der Waals surface area contributed by atoms with Crippen molar-refractivity contribution in [2.45, 2.75) is 13.3 Å². The molecule has 0 aromatic heterocycles. The molecular weight excluding hydrogens is 338 g/mol. The highest BCUT2D eigenvalue weighted by Gasteiger charge is 2.37. The number of hydrogen-bond acceptors (Lipinski definition) is 7. The van der Waals surface area contributed by atoms with E-state index in [1.807, 2.05) is 0 Å². The standard InChI is InChI=1S/C18H19N3O5/c1-11(20)13(8-19)15(22)10-26-18(24)12-7-17(23)21(9-12)14-5-3-4-6-16(14)25-2/h3-6,12-13,20H,7,9-10H2,1-2H3/t12-,13?/m0/s1. The van der Waals surface area contributed by atoms with Gasteiger partial charge in [0.1, 0.15) is 11.7 Å². The van der Waals surface area contributed by atoms with E-state index in [2.05, 4.69) is 0 Å². The number of methoxy groups -OCH3 is 1. The zero-order valence-electron chi connectivity index (χ0n) is 14.5. The lowest BCUT2D eigenvalue weighted by molar-refractivity contribution is -0.152. The monoisotopic (exact) mass is 357 g/mol. The predicted molar refractivity (Wildman–Crippen MR) is 91.9 cm³/mol. The molecule has 8 heteroatoms. The van der Waals surface area contributed by atoms with Gasteiger partial charge in [0.05, 0.1) is 24.8 Å². The summed E-state index contributed by atoms with van der Waals surface area (Å²) in [6.07, 6.45) is -0.0314. The van der Waals surface area contributed by atoms with Gasteiger partial charge in [-0.2, -0.15) is 5.26 Å². The zero-order chi connectivity index (χ0) is 19.3. The first-order valence-corrected chi connectivity index (χ1v) is 7.96. The minimum atomic E-state index is -1.22. The Labute approximate surface area is 150 Å². The molecule has 1 fully saturated rings. The largest absolute Gasteiger partial charge is 0.495 e. The molecule has 1 N–H and O–H groups in total. The van der Waals surface area contributed by atoms with Crippen molar-refractivity contribution in [3.8, 4) is 11.8 Å². The lowest BCUT2D eigenvalue weighted by Gasteiger charge is -2.19. The molecule has 1 saturated heterocycles. The van der Waals surface area contributed by atoms with Crippen LogP contribution in [0, 0.1) is 28.6 Å². The first-order valence-electron chi connectivity index (χ1n) is 7.96. The molecule has 0 spiro atoms. The van der Waals surface area contributed by atoms with E-state index >= 15 is 0 Å². The normalized spacial score (nSPS) is 17.3. The summed E-state index contributed by atoms with van der Waals surface area (Å²) < 4.78 is 10.2. The van der Waals surface area contributed by atoms with Crippen LogP contribution in [0.15, 0.2) is 24.3 Å². The summed E-state index contributed by atoms with van der Waals surface area (Å²) in [5, 5.41) is 16.2. The summed E-state index contributed by atoms with van der Waals surface area (Å²) in [6.45, 7) is 0.874. The molecule has 2 atom stereocenters. The number of Topliss-reactive ketones (excluding diaryl/α,β-unsaturated/α-hetero) is 1. The Morgan fingerprint density at radius 3 is 2.73 bits per heavy atom. The number of ether oxygens (including phenoxy) is 2. The number of carbonyl (C=O) groups is 3. The number of benzene rings is 1. The maximum Gasteiger partial charge on any atom is 0.311 e. The molecule has 136 valence electrons. The molecular formula is C18H19N3O5. The van der Waals surface area contributed by atoms with Crippen molar-refractivity contribution in [2.75, 3.05) is 25.2 Å². The van der Waals surface area contributed by atoms with Crippen LogP contribution in [-0.4, -0.2) is 43.6 Å². The third-order valence-corrected chi connectivity index (χ3v) is 4.08. The highest BCUT2D eigenvalue weighted by molar-refractivity contribution is 6.06. The lowest BCUT2D eigenvalue weighted by Crippen LogP contribution is -2.29. The number of rotatable bonds is 7. The molecule has 1 aromatic carbocycles. The zero-order valence-corrected chi connectivity index (χ0v) is 14.5. The average Bonchev–Trinajstić information content (AvgIpc) is 3.01. The summed E-state index contributed by atoms with van der Waals surface area (Å²) in [4.78, 5) is 37.7. The highest BCUT2D eigenvalue weighted by Crippen LogP contribution is 2.33. The van der Waals surface area contributed by atoms with Crippen molar-refractivity contribution < 1.29 is 23.9 Å². The Morgan fingerprint density at radius 2 is 2.12 bits per heavy atom. The van der Waals surface area contributed by atoms with E-state index in [1.54, 1.807) is 30.3 Å². The van der Waals surface area contributed by atoms with Crippen molar-refractivity contribution >= 4 is 29.1 Å². The van der Waals surface area contributed by atoms with Crippen LogP contribution in [0.1, 0.15) is 13.3 Å². The van der Waals surface area contributed by atoms with Gasteiger partial charge in [-0.15, -0.1) is 0 Å². The molecule has 0 aliphatic carbocycles. The van der Waals surface area contributed by atoms with Gasteiger partial charge in [-0.25, -0.2) is 0 Å². The number of esters is 1. The molecule has 26 heavy (non-hydrogen) atoms. The van der Waals surface area contributed by atoms with Crippen molar-refractivity contribution in [3.05, 3.63) is 24.3 Å². The van der Waals surface area contributed by atoms with Gasteiger partial charge in [0, 0.05) is 18.7 Å². The number of nitrogens with zero attached hydrogens (tertiary/aromatic N) is 2. The Hall–Kier alpha value is -3.21. The highest BCUT2D eigenvalue weighted by atomic mass is 16.5. The molecule has 1 amide bonds. The van der Waals surface area contributed by atoms with Crippen LogP contribution in [-0.2, 0) is 19.1 Å². The number of amides is 1. The van der Waals surface area contributed by atoms with Gasteiger partial charge in [0.2, 0.25) is 5.91 Å². The molecule has 0 bridgehead atoms. The number of carbonyl (C=O) groups excluding carboxylic acids is 3. The third-order valence-electron chi connectivity index (χ3n) is 4.08. The van der Waals surface area contributed by atoms with Gasteiger partial charge < -0.3 is 19.8 Å². The molecule has 8 nitrogen and oxygen atoms in total. The Bertz CT molecular complexity index is 783. The van der Waals surface area contributed by atoms with Crippen LogP contribution in [0.5, 0.6) is 5.75 Å². The smallest absolute Gasteiger partial charge is 0.311 e. The van der Waals surface area contributed by atoms with Crippen LogP contribution in [0.2, 0.25) is 0 Å². The minimum Gasteiger partial charge on any atom is -0.495 e. The second kappa shape index (κ2) is 8.25. The molecule has 1 heterocycles. The summed E-state index contributed by atoms with van der Waals surface area (Å²) in [7, 11) is 1.49. The van der Waals surface area contributed by atoms with Crippen molar-refractivity contribution in [1.29, 1.82) is 10.7 Å². The van der Waals surface area contributed by atoms with Crippen LogP contribution in [0.4, 0.5) is 5.69 Å². The van der Waals surface area contributed by atoms with Gasteiger partial charge in [-0.05, 0) is 19.1 Å². The second-order valence-corrected chi connectivity index (χ2v) is 5.90. The summed E-state index contributed by atoms with van der Waals surface area (Å²) in [5.41, 5.74) is 0.460. The van der Waals surface area contributed by atoms with Crippen molar-refractivity contribution in [1.82, 2.24) is 0 Å². The van der Waals surface area contributed by atoms with Crippen LogP contribution < -0.4 is 9.64 Å². The SMILES string of the molecule is COc1ccccc1N1C[C@@H](C(=O)OCC(=O)C(C#N)C(C)=N)CC1=O. The van der Waals surface area contributed by atoms with Gasteiger partial charge in [-0.3, -0.25) is 14.4 Å². The molecule has 1 aliphatic heterocycles.